The SMILES string of the molecule is CC1(C)CC(OC(=O)CCCCCCn2cccc2)CC(C)(C)N1[O]. The third-order valence-corrected chi connectivity index (χ3v) is 5.07. The Morgan fingerprint density at radius 2 is 1.56 bits per heavy atom. The second-order valence-electron chi connectivity index (χ2n) is 8.52. The number of carbonyl (C=O) groups excluding carboxylic acids is 1. The molecule has 2 rings (SSSR count). The molecule has 0 spiro atoms. The van der Waals surface area contributed by atoms with Gasteiger partial charge in [0.25, 0.3) is 0 Å². The molecule has 1 fully saturated rings. The lowest BCUT2D eigenvalue weighted by Crippen LogP contribution is -2.60. The van der Waals surface area contributed by atoms with Crippen molar-refractivity contribution in [2.45, 2.75) is 96.4 Å². The van der Waals surface area contributed by atoms with Crippen LogP contribution in [0.15, 0.2) is 24.5 Å². The maximum Gasteiger partial charge on any atom is 0.306 e. The predicted octanol–water partition coefficient (Wildman–Crippen LogP) is 4.35. The number of carbonyl (C=O) groups is 1. The van der Waals surface area contributed by atoms with Crippen molar-refractivity contribution in [2.24, 2.45) is 0 Å². The molecule has 1 aliphatic rings. The first-order valence-electron chi connectivity index (χ1n) is 9.48. The molecule has 1 aliphatic heterocycles. The van der Waals surface area contributed by atoms with Crippen LogP contribution in [0, 0.1) is 0 Å². The van der Waals surface area contributed by atoms with Gasteiger partial charge in [-0.25, -0.2) is 0 Å². The summed E-state index contributed by atoms with van der Waals surface area (Å²) in [6.45, 7) is 8.73. The minimum atomic E-state index is -0.495. The molecule has 0 aromatic carbocycles. The monoisotopic (exact) mass is 349 g/mol. The number of aryl methyl sites for hydroxylation is 1. The molecule has 2 heterocycles. The third kappa shape index (κ3) is 5.86. The summed E-state index contributed by atoms with van der Waals surface area (Å²) in [6.07, 6.45) is 9.85. The fourth-order valence-electron chi connectivity index (χ4n) is 3.94. The molecule has 1 aromatic heterocycles. The highest BCUT2D eigenvalue weighted by atomic mass is 16.5. The Labute approximate surface area is 151 Å². The molecule has 5 nitrogen and oxygen atoms in total. The van der Waals surface area contributed by atoms with E-state index in [-0.39, 0.29) is 12.1 Å². The maximum atomic E-state index is 12.3. The number of piperidine rings is 1. The molecular weight excluding hydrogens is 316 g/mol. The van der Waals surface area contributed by atoms with E-state index < -0.39 is 11.1 Å². The Morgan fingerprint density at radius 1 is 1.00 bits per heavy atom. The van der Waals surface area contributed by atoms with Gasteiger partial charge in [0.15, 0.2) is 0 Å². The third-order valence-electron chi connectivity index (χ3n) is 5.07. The summed E-state index contributed by atoms with van der Waals surface area (Å²) in [5.74, 6) is -0.124. The minimum absolute atomic E-state index is 0.124. The van der Waals surface area contributed by atoms with Gasteiger partial charge in [-0.3, -0.25) is 4.79 Å². The Bertz CT molecular complexity index is 519. The van der Waals surface area contributed by atoms with Gasteiger partial charge >= 0.3 is 5.97 Å². The summed E-state index contributed by atoms with van der Waals surface area (Å²) in [5.41, 5.74) is -0.990. The molecule has 0 unspecified atom stereocenters. The van der Waals surface area contributed by atoms with E-state index in [4.69, 9.17) is 4.74 Å². The predicted molar refractivity (Wildman–Crippen MR) is 97.3 cm³/mol. The van der Waals surface area contributed by atoms with Gasteiger partial charge in [0.1, 0.15) is 6.10 Å². The second kappa shape index (κ2) is 8.37. The molecular formula is C20H33N2O3. The number of hydroxylamine groups is 2. The highest BCUT2D eigenvalue weighted by molar-refractivity contribution is 5.69. The quantitative estimate of drug-likeness (QED) is 0.518. The number of unbranched alkanes of at least 4 members (excludes halogenated alkanes) is 3. The van der Waals surface area contributed by atoms with E-state index in [0.29, 0.717) is 19.3 Å². The van der Waals surface area contributed by atoms with Crippen LogP contribution >= 0.6 is 0 Å². The molecule has 141 valence electrons. The van der Waals surface area contributed by atoms with Crippen molar-refractivity contribution in [2.75, 3.05) is 0 Å². The van der Waals surface area contributed by atoms with Crippen molar-refractivity contribution in [3.8, 4) is 0 Å². The first-order chi connectivity index (χ1) is 11.7. The van der Waals surface area contributed by atoms with Gasteiger partial charge in [-0.05, 0) is 52.7 Å². The largest absolute Gasteiger partial charge is 0.462 e. The summed E-state index contributed by atoms with van der Waals surface area (Å²) >= 11 is 0. The fraction of sp³-hybridized carbons (Fsp3) is 0.750. The van der Waals surface area contributed by atoms with Gasteiger partial charge in [0.2, 0.25) is 0 Å². The van der Waals surface area contributed by atoms with Crippen LogP contribution in [-0.4, -0.2) is 32.8 Å². The zero-order valence-electron chi connectivity index (χ0n) is 16.2. The summed E-state index contributed by atoms with van der Waals surface area (Å²) < 4.78 is 7.85. The number of nitrogens with zero attached hydrogens (tertiary/aromatic N) is 2. The summed E-state index contributed by atoms with van der Waals surface area (Å²) in [7, 11) is 0. The van der Waals surface area contributed by atoms with E-state index in [2.05, 4.69) is 17.0 Å². The van der Waals surface area contributed by atoms with E-state index in [9.17, 15) is 10.0 Å². The van der Waals surface area contributed by atoms with Gasteiger partial charge in [0, 0.05) is 49.3 Å². The molecule has 0 bridgehead atoms. The van der Waals surface area contributed by atoms with Crippen LogP contribution in [0.4, 0.5) is 0 Å². The highest BCUT2D eigenvalue weighted by Gasteiger charge is 2.47. The normalized spacial score (nSPS) is 20.5. The van der Waals surface area contributed by atoms with E-state index >= 15 is 0 Å². The number of esters is 1. The molecule has 1 radical (unpaired) electrons. The Balaban J connectivity index is 1.63. The highest BCUT2D eigenvalue weighted by Crippen LogP contribution is 2.38. The molecule has 0 N–H and O–H groups in total. The van der Waals surface area contributed by atoms with Gasteiger partial charge in [0.05, 0.1) is 0 Å². The Hall–Kier alpha value is -1.33. The van der Waals surface area contributed by atoms with Crippen molar-refractivity contribution >= 4 is 5.97 Å². The van der Waals surface area contributed by atoms with Crippen LogP contribution in [0.3, 0.4) is 0 Å². The molecule has 0 aliphatic carbocycles. The minimum Gasteiger partial charge on any atom is -0.462 e. The van der Waals surface area contributed by atoms with Crippen LogP contribution < -0.4 is 0 Å². The topological polar surface area (TPSA) is 54.4 Å². The maximum absolute atomic E-state index is 12.3. The van der Waals surface area contributed by atoms with Gasteiger partial charge in [-0.1, -0.05) is 12.8 Å². The van der Waals surface area contributed by atoms with Gasteiger partial charge in [-0.15, -0.1) is 10.3 Å². The Kier molecular flexibility index (Phi) is 6.69. The summed E-state index contributed by atoms with van der Waals surface area (Å²) in [4.78, 5) is 12.1. The average Bonchev–Trinajstić information content (AvgIpc) is 3.01. The number of hydrogen-bond acceptors (Lipinski definition) is 3. The average molecular weight is 349 g/mol. The van der Waals surface area contributed by atoms with Crippen LogP contribution in [0.25, 0.3) is 0 Å². The smallest absolute Gasteiger partial charge is 0.306 e. The Morgan fingerprint density at radius 3 is 2.16 bits per heavy atom. The van der Waals surface area contributed by atoms with Crippen molar-refractivity contribution in [1.82, 2.24) is 9.63 Å². The van der Waals surface area contributed by atoms with E-state index in [1.807, 2.05) is 39.8 Å². The number of hydrogen-bond donors (Lipinski definition) is 0. The van der Waals surface area contributed by atoms with Crippen LogP contribution in [0.5, 0.6) is 0 Å². The van der Waals surface area contributed by atoms with E-state index in [0.717, 1.165) is 37.3 Å². The van der Waals surface area contributed by atoms with E-state index in [1.165, 1.54) is 0 Å². The van der Waals surface area contributed by atoms with Gasteiger partial charge < -0.3 is 9.30 Å². The fourth-order valence-corrected chi connectivity index (χ4v) is 3.94. The number of aromatic nitrogens is 1. The zero-order valence-corrected chi connectivity index (χ0v) is 16.2. The second-order valence-corrected chi connectivity index (χ2v) is 8.52. The van der Waals surface area contributed by atoms with Gasteiger partial charge in [-0.2, -0.15) is 0 Å². The van der Waals surface area contributed by atoms with E-state index in [1.54, 1.807) is 0 Å². The molecule has 0 saturated carbocycles. The van der Waals surface area contributed by atoms with Crippen molar-refractivity contribution < 1.29 is 14.7 Å². The van der Waals surface area contributed by atoms with Crippen LogP contribution in [-0.2, 0) is 21.3 Å². The zero-order chi connectivity index (χ0) is 18.5. The lowest BCUT2D eigenvalue weighted by atomic mass is 9.80. The van der Waals surface area contributed by atoms with Crippen LogP contribution in [0.2, 0.25) is 0 Å². The number of ether oxygens (including phenoxy) is 1. The molecule has 0 amide bonds. The lowest BCUT2D eigenvalue weighted by molar-refractivity contribution is -0.299. The molecule has 1 saturated heterocycles. The van der Waals surface area contributed by atoms with Crippen molar-refractivity contribution in [3.63, 3.8) is 0 Å². The first kappa shape index (κ1) is 20.0. The summed E-state index contributed by atoms with van der Waals surface area (Å²) in [5, 5.41) is 13.5. The van der Waals surface area contributed by atoms with Crippen LogP contribution in [0.1, 0.15) is 72.6 Å². The van der Waals surface area contributed by atoms with Crippen molar-refractivity contribution in [3.05, 3.63) is 24.5 Å². The lowest BCUT2D eigenvalue weighted by Gasteiger charge is -2.49. The molecule has 0 atom stereocenters. The molecule has 5 heteroatoms. The molecule has 25 heavy (non-hydrogen) atoms. The number of rotatable bonds is 8. The molecule has 1 aromatic rings. The first-order valence-corrected chi connectivity index (χ1v) is 9.48. The standard InChI is InChI=1S/C20H33N2O3/c1-19(2)15-17(16-20(3,4)22(19)24)25-18(23)11-7-5-6-8-12-21-13-9-10-14-21/h9-10,13-14,17H,5-8,11-12,15-16H2,1-4H3. The van der Waals surface area contributed by atoms with Crippen molar-refractivity contribution in [1.29, 1.82) is 0 Å². The summed E-state index contributed by atoms with van der Waals surface area (Å²) in [6, 6.07) is 4.08.